The molecule has 0 spiro atoms. The molecule has 0 radical (unpaired) electrons. The first-order chi connectivity index (χ1) is 10.1. The molecule has 0 atom stereocenters. The highest BCUT2D eigenvalue weighted by molar-refractivity contribution is 7.93. The van der Waals surface area contributed by atoms with Gasteiger partial charge in [-0.05, 0) is 38.1 Å². The molecule has 0 bridgehead atoms. The Labute approximate surface area is 138 Å². The minimum Gasteiger partial charge on any atom is -0.277 e. The van der Waals surface area contributed by atoms with Crippen molar-refractivity contribution >= 4 is 48.5 Å². The van der Waals surface area contributed by atoms with E-state index >= 15 is 0 Å². The molecule has 0 aliphatic carbocycles. The maximum Gasteiger partial charge on any atom is 0.261 e. The van der Waals surface area contributed by atoms with E-state index in [4.69, 9.17) is 11.6 Å². The second-order valence-electron chi connectivity index (χ2n) is 4.80. The summed E-state index contributed by atoms with van der Waals surface area (Å²) in [6.07, 6.45) is 0. The molecule has 2 rings (SSSR count). The summed E-state index contributed by atoms with van der Waals surface area (Å²) in [6, 6.07) is 5.62. The van der Waals surface area contributed by atoms with Gasteiger partial charge in [0.1, 0.15) is 4.90 Å². The Morgan fingerprint density at radius 1 is 1.05 bits per heavy atom. The fourth-order valence-electron chi connectivity index (χ4n) is 1.65. The van der Waals surface area contributed by atoms with E-state index in [1.165, 1.54) is 35.0 Å². The third kappa shape index (κ3) is 3.45. The van der Waals surface area contributed by atoms with Crippen molar-refractivity contribution in [2.75, 3.05) is 4.72 Å². The Bertz CT molecular complexity index is 868. The molecule has 1 N–H and O–H groups in total. The molecule has 1 aromatic carbocycles. The predicted octanol–water partition coefficient (Wildman–Crippen LogP) is 3.38. The number of hydrogen-bond donors (Lipinski definition) is 1. The summed E-state index contributed by atoms with van der Waals surface area (Å²) < 4.78 is 51.4. The van der Waals surface area contributed by atoms with Crippen LogP contribution < -0.4 is 4.72 Å². The number of anilines is 1. The fourth-order valence-corrected chi connectivity index (χ4v) is 5.33. The van der Waals surface area contributed by atoms with Gasteiger partial charge in [0, 0.05) is 15.8 Å². The summed E-state index contributed by atoms with van der Waals surface area (Å²) in [4.78, 5) is 0.000957. The zero-order valence-electron chi connectivity index (χ0n) is 11.8. The number of hydrogen-bond acceptors (Lipinski definition) is 5. The van der Waals surface area contributed by atoms with Crippen LogP contribution in [0.25, 0.3) is 0 Å². The fraction of sp³-hybridized carbons (Fsp3) is 0.231. The van der Waals surface area contributed by atoms with Crippen molar-refractivity contribution in [1.29, 1.82) is 0 Å². The normalized spacial score (nSPS) is 12.5. The van der Waals surface area contributed by atoms with Crippen LogP contribution in [-0.4, -0.2) is 22.1 Å². The van der Waals surface area contributed by atoms with E-state index in [1.54, 1.807) is 13.8 Å². The number of nitrogens with one attached hydrogen (secondary N) is 1. The maximum atomic E-state index is 12.3. The van der Waals surface area contributed by atoms with Crippen molar-refractivity contribution in [1.82, 2.24) is 0 Å². The smallest absolute Gasteiger partial charge is 0.261 e. The lowest BCUT2D eigenvalue weighted by Crippen LogP contribution is -2.18. The van der Waals surface area contributed by atoms with Gasteiger partial charge in [0.25, 0.3) is 10.0 Å². The van der Waals surface area contributed by atoms with Gasteiger partial charge in [0.05, 0.1) is 15.8 Å². The molecule has 0 amide bonds. The molecule has 120 valence electrons. The molecule has 22 heavy (non-hydrogen) atoms. The summed E-state index contributed by atoms with van der Waals surface area (Å²) in [5, 5.41) is 2.66. The number of sulfonamides is 1. The molecule has 0 aliphatic rings. The first-order valence-corrected chi connectivity index (χ1v) is 10.6. The molecule has 0 fully saturated rings. The predicted molar refractivity (Wildman–Crippen MR) is 88.9 cm³/mol. The third-order valence-corrected chi connectivity index (χ3v) is 7.64. The number of sulfone groups is 1. The van der Waals surface area contributed by atoms with Gasteiger partial charge < -0.3 is 0 Å². The standard InChI is InChI=1S/C13H14ClNO4S3/c1-9(2)21(16,17)13-8-20-7-12(13)15-22(18,19)11-5-3-10(14)4-6-11/h3-9,15H,1-2H3. The summed E-state index contributed by atoms with van der Waals surface area (Å²) >= 11 is 6.85. The molecule has 9 heteroatoms. The molecule has 0 saturated carbocycles. The highest BCUT2D eigenvalue weighted by Crippen LogP contribution is 2.30. The Hall–Kier alpha value is -1.09. The second kappa shape index (κ2) is 6.19. The highest BCUT2D eigenvalue weighted by atomic mass is 35.5. The first kappa shape index (κ1) is 17.3. The molecule has 0 saturated heterocycles. The molecule has 5 nitrogen and oxygen atoms in total. The summed E-state index contributed by atoms with van der Waals surface area (Å²) in [5.41, 5.74) is 0.0636. The van der Waals surface area contributed by atoms with Crippen LogP contribution in [0.15, 0.2) is 44.8 Å². The Morgan fingerprint density at radius 2 is 1.64 bits per heavy atom. The Kier molecular flexibility index (Phi) is 4.86. The number of thiophene rings is 1. The van der Waals surface area contributed by atoms with Crippen LogP contribution >= 0.6 is 22.9 Å². The van der Waals surface area contributed by atoms with Crippen molar-refractivity contribution in [3.05, 3.63) is 40.0 Å². The molecule has 1 aromatic heterocycles. The van der Waals surface area contributed by atoms with E-state index < -0.39 is 25.1 Å². The largest absolute Gasteiger partial charge is 0.277 e. The van der Waals surface area contributed by atoms with Gasteiger partial charge in [-0.15, -0.1) is 11.3 Å². The maximum absolute atomic E-state index is 12.3. The summed E-state index contributed by atoms with van der Waals surface area (Å²) in [5.74, 6) is 0. The van der Waals surface area contributed by atoms with E-state index in [9.17, 15) is 16.8 Å². The minimum absolute atomic E-state index is 0.00922. The van der Waals surface area contributed by atoms with Gasteiger partial charge in [-0.2, -0.15) is 0 Å². The van der Waals surface area contributed by atoms with Crippen LogP contribution in [0.1, 0.15) is 13.8 Å². The van der Waals surface area contributed by atoms with Crippen molar-refractivity contribution < 1.29 is 16.8 Å². The highest BCUT2D eigenvalue weighted by Gasteiger charge is 2.26. The van der Waals surface area contributed by atoms with Gasteiger partial charge in [0.15, 0.2) is 9.84 Å². The molecular formula is C13H14ClNO4S3. The quantitative estimate of drug-likeness (QED) is 0.863. The van der Waals surface area contributed by atoms with Crippen LogP contribution in [0.3, 0.4) is 0 Å². The average molecular weight is 380 g/mol. The van der Waals surface area contributed by atoms with Gasteiger partial charge in [0.2, 0.25) is 0 Å². The Balaban J connectivity index is 2.40. The van der Waals surface area contributed by atoms with E-state index in [1.807, 2.05) is 0 Å². The number of halogens is 1. The lowest BCUT2D eigenvalue weighted by atomic mass is 10.4. The van der Waals surface area contributed by atoms with Crippen LogP contribution in [0.2, 0.25) is 5.02 Å². The van der Waals surface area contributed by atoms with Crippen molar-refractivity contribution in [3.8, 4) is 0 Å². The lowest BCUT2D eigenvalue weighted by molar-refractivity contribution is 0.588. The molecule has 0 unspecified atom stereocenters. The van der Waals surface area contributed by atoms with E-state index in [-0.39, 0.29) is 15.5 Å². The first-order valence-electron chi connectivity index (χ1n) is 6.23. The van der Waals surface area contributed by atoms with Crippen molar-refractivity contribution in [2.45, 2.75) is 28.9 Å². The second-order valence-corrected chi connectivity index (χ2v) is 10.1. The van der Waals surface area contributed by atoms with Crippen LogP contribution in [0.4, 0.5) is 5.69 Å². The van der Waals surface area contributed by atoms with E-state index in [2.05, 4.69) is 4.72 Å². The summed E-state index contributed by atoms with van der Waals surface area (Å²) in [6.45, 7) is 3.09. The number of benzene rings is 1. The summed E-state index contributed by atoms with van der Waals surface area (Å²) in [7, 11) is -7.44. The third-order valence-electron chi connectivity index (χ3n) is 2.92. The molecule has 0 aliphatic heterocycles. The Morgan fingerprint density at radius 3 is 2.18 bits per heavy atom. The minimum atomic E-state index is -3.87. The lowest BCUT2D eigenvalue weighted by Gasteiger charge is -2.11. The van der Waals surface area contributed by atoms with Gasteiger partial charge in [-0.25, -0.2) is 16.8 Å². The SMILES string of the molecule is CC(C)S(=O)(=O)c1cscc1NS(=O)(=O)c1ccc(Cl)cc1. The molecule has 1 heterocycles. The zero-order valence-corrected chi connectivity index (χ0v) is 15.0. The average Bonchev–Trinajstić information content (AvgIpc) is 2.87. The molecule has 2 aromatic rings. The van der Waals surface area contributed by atoms with Gasteiger partial charge >= 0.3 is 0 Å². The topological polar surface area (TPSA) is 80.3 Å². The van der Waals surface area contributed by atoms with Crippen molar-refractivity contribution in [2.24, 2.45) is 0 Å². The van der Waals surface area contributed by atoms with E-state index in [0.29, 0.717) is 5.02 Å². The van der Waals surface area contributed by atoms with Crippen LogP contribution in [-0.2, 0) is 19.9 Å². The monoisotopic (exact) mass is 379 g/mol. The van der Waals surface area contributed by atoms with E-state index in [0.717, 1.165) is 11.3 Å². The van der Waals surface area contributed by atoms with Gasteiger partial charge in [-0.1, -0.05) is 11.6 Å². The zero-order chi connectivity index (χ0) is 16.5. The number of rotatable bonds is 5. The van der Waals surface area contributed by atoms with Gasteiger partial charge in [-0.3, -0.25) is 4.72 Å². The molecular weight excluding hydrogens is 366 g/mol. The van der Waals surface area contributed by atoms with Crippen LogP contribution in [0.5, 0.6) is 0 Å². The van der Waals surface area contributed by atoms with Crippen LogP contribution in [0, 0.1) is 0 Å². The van der Waals surface area contributed by atoms with Crippen molar-refractivity contribution in [3.63, 3.8) is 0 Å².